The Morgan fingerprint density at radius 1 is 1.45 bits per heavy atom. The number of hydrogen-bond donors (Lipinski definition) is 1. The van der Waals surface area contributed by atoms with Gasteiger partial charge in [0.25, 0.3) is 0 Å². The van der Waals surface area contributed by atoms with Gasteiger partial charge >= 0.3 is 6.98 Å². The molecule has 0 heterocycles. The van der Waals surface area contributed by atoms with Crippen LogP contribution in [0, 0.1) is 5.92 Å². The van der Waals surface area contributed by atoms with E-state index in [2.05, 4.69) is 0 Å². The van der Waals surface area contributed by atoms with Crippen molar-refractivity contribution in [1.82, 2.24) is 5.32 Å². The van der Waals surface area contributed by atoms with Crippen molar-refractivity contribution in [2.24, 2.45) is 5.92 Å². The molecule has 6 heteroatoms. The molecule has 0 spiro atoms. The second-order valence-electron chi connectivity index (χ2n) is 2.73. The monoisotopic (exact) mass is 166 g/mol. The normalized spacial score (nSPS) is 18.1. The summed E-state index contributed by atoms with van der Waals surface area (Å²) in [6.07, 6.45) is 0.322. The van der Waals surface area contributed by atoms with Gasteiger partial charge in [0.2, 0.25) is 5.91 Å². The van der Waals surface area contributed by atoms with Crippen LogP contribution in [0.5, 0.6) is 0 Å². The van der Waals surface area contributed by atoms with Gasteiger partial charge in [0, 0.05) is 5.92 Å². The molecule has 11 heavy (non-hydrogen) atoms. The van der Waals surface area contributed by atoms with Gasteiger partial charge in [-0.15, -0.1) is 0 Å². The van der Waals surface area contributed by atoms with E-state index in [1.54, 1.807) is 0 Å². The summed E-state index contributed by atoms with van der Waals surface area (Å²) in [7, 11) is 0. The van der Waals surface area contributed by atoms with Crippen molar-refractivity contribution in [2.45, 2.75) is 12.8 Å². The van der Waals surface area contributed by atoms with E-state index in [1.807, 2.05) is 5.32 Å². The second kappa shape index (κ2) is 2.75. The fourth-order valence-corrected chi connectivity index (χ4v) is 0.706. The Hall–Kier alpha value is -0.675. The van der Waals surface area contributed by atoms with Gasteiger partial charge in [0.05, 0.1) is 0 Å². The minimum atomic E-state index is -4.86. The van der Waals surface area contributed by atoms with Gasteiger partial charge < -0.3 is 18.3 Å². The number of halogens is 3. The largest absolute Gasteiger partial charge is 0.497 e. The molecule has 1 aliphatic carbocycles. The Labute approximate surface area is 62.2 Å². The van der Waals surface area contributed by atoms with E-state index in [0.29, 0.717) is 0 Å². The van der Waals surface area contributed by atoms with Gasteiger partial charge in [-0.05, 0) is 19.3 Å². The number of carbonyl (C=O) groups excluding carboxylic acids is 1. The summed E-state index contributed by atoms with van der Waals surface area (Å²) in [5, 5.41) is 1.85. The molecular formula is C5H8BF3NO-. The molecule has 1 saturated carbocycles. The number of amides is 1. The maximum absolute atomic E-state index is 11.5. The van der Waals surface area contributed by atoms with Gasteiger partial charge in [0.15, 0.2) is 0 Å². The molecule has 0 aliphatic heterocycles. The van der Waals surface area contributed by atoms with Crippen LogP contribution < -0.4 is 5.32 Å². The Morgan fingerprint density at radius 2 is 2.00 bits per heavy atom. The second-order valence-corrected chi connectivity index (χ2v) is 2.73. The lowest BCUT2D eigenvalue weighted by atomic mass is 9.92. The molecule has 0 radical (unpaired) electrons. The zero-order valence-electron chi connectivity index (χ0n) is 5.82. The van der Waals surface area contributed by atoms with E-state index >= 15 is 0 Å². The standard InChI is InChI=1S/C5H8BF3NO/c7-6(8,9)3-10-5(11)4-1-2-4/h4H,1-3H2,(H,10,11)/q-1. The highest BCUT2D eigenvalue weighted by atomic mass is 19.4. The first-order valence-electron chi connectivity index (χ1n) is 3.48. The van der Waals surface area contributed by atoms with Gasteiger partial charge in [-0.2, -0.15) is 0 Å². The summed E-state index contributed by atoms with van der Waals surface area (Å²) in [6.45, 7) is -4.86. The molecule has 1 aliphatic rings. The van der Waals surface area contributed by atoms with Crippen LogP contribution in [0.4, 0.5) is 12.9 Å². The minimum absolute atomic E-state index is 0.145. The third-order valence-corrected chi connectivity index (χ3v) is 1.46. The lowest BCUT2D eigenvalue weighted by molar-refractivity contribution is -0.122. The van der Waals surface area contributed by atoms with Crippen molar-refractivity contribution in [1.29, 1.82) is 0 Å². The Kier molecular flexibility index (Phi) is 2.11. The Bertz CT molecular complexity index is 166. The van der Waals surface area contributed by atoms with Gasteiger partial charge in [-0.25, -0.2) is 0 Å². The van der Waals surface area contributed by atoms with E-state index in [-0.39, 0.29) is 5.92 Å². The smallest absolute Gasteiger partial charge is 0.448 e. The molecule has 1 N–H and O–H groups in total. The molecule has 0 saturated heterocycles. The van der Waals surface area contributed by atoms with Gasteiger partial charge in [-0.1, -0.05) is 0 Å². The first kappa shape index (κ1) is 8.42. The molecule has 2 nitrogen and oxygen atoms in total. The molecule has 0 aromatic carbocycles. The first-order chi connectivity index (χ1) is 4.99. The predicted molar refractivity (Wildman–Crippen MR) is 34.8 cm³/mol. The topological polar surface area (TPSA) is 29.1 Å². The van der Waals surface area contributed by atoms with Crippen LogP contribution in [0.2, 0.25) is 0 Å². The third kappa shape index (κ3) is 3.29. The summed E-state index contributed by atoms with van der Waals surface area (Å²) in [5.74, 6) is -0.600. The molecule has 64 valence electrons. The summed E-state index contributed by atoms with van der Waals surface area (Å²) in [4.78, 5) is 10.7. The van der Waals surface area contributed by atoms with Crippen LogP contribution in [-0.2, 0) is 4.79 Å². The predicted octanol–water partition coefficient (Wildman–Crippen LogP) is 0.899. The number of nitrogens with one attached hydrogen (secondary N) is 1. The van der Waals surface area contributed by atoms with Crippen LogP contribution in [-0.4, -0.2) is 19.3 Å². The van der Waals surface area contributed by atoms with Gasteiger partial charge in [0.1, 0.15) is 0 Å². The highest BCUT2D eigenvalue weighted by molar-refractivity contribution is 6.58. The lowest BCUT2D eigenvalue weighted by Gasteiger charge is -2.13. The molecule has 1 amide bonds. The summed E-state index contributed by atoms with van der Waals surface area (Å²) in [5.41, 5.74) is 0. The fourth-order valence-electron chi connectivity index (χ4n) is 0.706. The van der Waals surface area contributed by atoms with Gasteiger partial charge in [-0.3, -0.25) is 4.79 Å². The molecule has 1 fully saturated rings. The van der Waals surface area contributed by atoms with Crippen molar-refractivity contribution < 1.29 is 17.7 Å². The van der Waals surface area contributed by atoms with Crippen LogP contribution in [0.1, 0.15) is 12.8 Å². The van der Waals surface area contributed by atoms with Crippen molar-refractivity contribution in [3.05, 3.63) is 0 Å². The van der Waals surface area contributed by atoms with E-state index in [4.69, 9.17) is 0 Å². The van der Waals surface area contributed by atoms with Crippen molar-refractivity contribution in [3.8, 4) is 0 Å². The van der Waals surface area contributed by atoms with E-state index in [9.17, 15) is 17.7 Å². The number of hydrogen-bond acceptors (Lipinski definition) is 1. The highest BCUT2D eigenvalue weighted by Gasteiger charge is 2.31. The maximum atomic E-state index is 11.5. The maximum Gasteiger partial charge on any atom is 0.497 e. The SMILES string of the molecule is O=C(NC[B-](F)(F)F)C1CC1. The molecule has 0 aromatic rings. The van der Waals surface area contributed by atoms with Crippen molar-refractivity contribution >= 4 is 12.9 Å². The molecule has 0 bridgehead atoms. The van der Waals surface area contributed by atoms with Crippen molar-refractivity contribution in [3.63, 3.8) is 0 Å². The average Bonchev–Trinajstić information content (AvgIpc) is 2.61. The zero-order chi connectivity index (χ0) is 8.48. The summed E-state index contributed by atoms with van der Waals surface area (Å²) in [6, 6.07) is 0. The quantitative estimate of drug-likeness (QED) is 0.620. The Balaban J connectivity index is 2.16. The zero-order valence-corrected chi connectivity index (χ0v) is 5.82. The van der Waals surface area contributed by atoms with Crippen LogP contribution >= 0.6 is 0 Å². The lowest BCUT2D eigenvalue weighted by Crippen LogP contribution is -2.38. The van der Waals surface area contributed by atoms with Crippen LogP contribution in [0.25, 0.3) is 0 Å². The van der Waals surface area contributed by atoms with E-state index < -0.39 is 19.3 Å². The number of carbonyl (C=O) groups is 1. The average molecular weight is 166 g/mol. The fraction of sp³-hybridized carbons (Fsp3) is 0.800. The summed E-state index contributed by atoms with van der Waals surface area (Å²) >= 11 is 0. The minimum Gasteiger partial charge on any atom is -0.448 e. The summed E-state index contributed by atoms with van der Waals surface area (Å²) < 4.78 is 34.6. The molecular weight excluding hydrogens is 158 g/mol. The van der Waals surface area contributed by atoms with Crippen molar-refractivity contribution in [2.75, 3.05) is 6.44 Å². The third-order valence-electron chi connectivity index (χ3n) is 1.46. The molecule has 0 aromatic heterocycles. The molecule has 1 rings (SSSR count). The van der Waals surface area contributed by atoms with Crippen LogP contribution in [0.3, 0.4) is 0 Å². The highest BCUT2D eigenvalue weighted by Crippen LogP contribution is 2.28. The Morgan fingerprint density at radius 3 is 2.36 bits per heavy atom. The van der Waals surface area contributed by atoms with Crippen LogP contribution in [0.15, 0.2) is 0 Å². The molecule has 0 atom stereocenters. The first-order valence-corrected chi connectivity index (χ1v) is 3.48. The van der Waals surface area contributed by atoms with E-state index in [1.165, 1.54) is 0 Å². The number of rotatable bonds is 3. The molecule has 0 unspecified atom stereocenters. The van der Waals surface area contributed by atoms with E-state index in [0.717, 1.165) is 12.8 Å².